The molecule has 3 rings (SSSR count). The summed E-state index contributed by atoms with van der Waals surface area (Å²) in [5.74, 6) is -0.0207. The zero-order valence-electron chi connectivity index (χ0n) is 17.4. The first-order chi connectivity index (χ1) is 14.8. The largest absolute Gasteiger partial charge is 0.497 e. The highest BCUT2D eigenvalue weighted by Gasteiger charge is 2.16. The number of aryl methyl sites for hydroxylation is 1. The van der Waals surface area contributed by atoms with Gasteiger partial charge in [-0.15, -0.1) is 0 Å². The van der Waals surface area contributed by atoms with E-state index in [-0.39, 0.29) is 36.5 Å². The zero-order valence-corrected chi connectivity index (χ0v) is 18.2. The molecule has 0 amide bonds. The summed E-state index contributed by atoms with van der Waals surface area (Å²) in [4.78, 5) is 24.7. The number of carbonyl (C=O) groups is 1. The average molecular weight is 445 g/mol. The van der Waals surface area contributed by atoms with Crippen LogP contribution in [0.5, 0.6) is 5.75 Å². The minimum absolute atomic E-state index is 0.00129. The lowest BCUT2D eigenvalue weighted by molar-refractivity contribution is -0.143. The Kier molecular flexibility index (Phi) is 7.12. The Balaban J connectivity index is 1.54. The highest BCUT2D eigenvalue weighted by Crippen LogP contribution is 2.24. The summed E-state index contributed by atoms with van der Waals surface area (Å²) in [6, 6.07) is 13.4. The summed E-state index contributed by atoms with van der Waals surface area (Å²) in [5.41, 5.74) is 1.09. The van der Waals surface area contributed by atoms with E-state index in [2.05, 4.69) is 0 Å². The van der Waals surface area contributed by atoms with Gasteiger partial charge in [-0.1, -0.05) is 18.2 Å². The Morgan fingerprint density at radius 3 is 2.55 bits per heavy atom. The number of carbonyl (C=O) groups excluding carboxylic acids is 1. The predicted octanol–water partition coefficient (Wildman–Crippen LogP) is 3.45. The van der Waals surface area contributed by atoms with E-state index < -0.39 is 21.4 Å². The fourth-order valence-electron chi connectivity index (χ4n) is 3.27. The molecule has 7 nitrogen and oxygen atoms in total. The van der Waals surface area contributed by atoms with E-state index in [1.165, 1.54) is 19.2 Å². The first-order valence-electron chi connectivity index (χ1n) is 9.85. The van der Waals surface area contributed by atoms with Gasteiger partial charge in [-0.25, -0.2) is 13.2 Å². The van der Waals surface area contributed by atoms with Crippen LogP contribution in [0.2, 0.25) is 0 Å². The molecular weight excluding hydrogens is 420 g/mol. The fraction of sp³-hybridized carbons (Fsp3) is 0.304. The molecule has 0 radical (unpaired) electrons. The lowest BCUT2D eigenvalue weighted by Crippen LogP contribution is -2.15. The molecule has 0 aliphatic rings. The van der Waals surface area contributed by atoms with Gasteiger partial charge in [-0.05, 0) is 49.6 Å². The van der Waals surface area contributed by atoms with E-state index in [9.17, 15) is 18.0 Å². The number of fused-ring (bicyclic) bond motifs is 1. The van der Waals surface area contributed by atoms with Crippen LogP contribution in [0.15, 0.2) is 62.6 Å². The second-order valence-electron chi connectivity index (χ2n) is 7.06. The fourth-order valence-corrected chi connectivity index (χ4v) is 4.58. The maximum Gasteiger partial charge on any atom is 0.339 e. The molecule has 8 heteroatoms. The molecule has 0 aliphatic heterocycles. The molecule has 1 aromatic heterocycles. The van der Waals surface area contributed by atoms with Gasteiger partial charge in [0.25, 0.3) is 0 Å². The zero-order chi connectivity index (χ0) is 22.4. The van der Waals surface area contributed by atoms with E-state index in [0.717, 1.165) is 10.9 Å². The SMILES string of the molecule is COc1ccc2c(C)c(CCC(=O)OCCCS(=O)(=O)c3ccccc3)c(=O)oc2c1. The molecule has 1 heterocycles. The third kappa shape index (κ3) is 5.52. The lowest BCUT2D eigenvalue weighted by Gasteiger charge is -2.09. The summed E-state index contributed by atoms with van der Waals surface area (Å²) in [7, 11) is -1.87. The Bertz CT molecular complexity index is 1230. The Morgan fingerprint density at radius 1 is 1.10 bits per heavy atom. The van der Waals surface area contributed by atoms with Crippen LogP contribution in [0, 0.1) is 6.92 Å². The van der Waals surface area contributed by atoms with Crippen LogP contribution in [-0.2, 0) is 25.8 Å². The number of rotatable bonds is 9. The number of sulfone groups is 1. The minimum Gasteiger partial charge on any atom is -0.497 e. The molecule has 0 N–H and O–H groups in total. The monoisotopic (exact) mass is 444 g/mol. The quantitative estimate of drug-likeness (QED) is 0.283. The molecule has 31 heavy (non-hydrogen) atoms. The molecule has 0 saturated heterocycles. The minimum atomic E-state index is -3.40. The first-order valence-corrected chi connectivity index (χ1v) is 11.5. The molecule has 0 atom stereocenters. The van der Waals surface area contributed by atoms with Gasteiger partial charge in [-0.3, -0.25) is 4.79 Å². The molecule has 3 aromatic rings. The number of hydrogen-bond donors (Lipinski definition) is 0. The third-order valence-corrected chi connectivity index (χ3v) is 6.81. The molecule has 0 spiro atoms. The molecule has 0 aliphatic carbocycles. The van der Waals surface area contributed by atoms with Gasteiger partial charge < -0.3 is 13.9 Å². The van der Waals surface area contributed by atoms with E-state index in [1.807, 2.05) is 0 Å². The van der Waals surface area contributed by atoms with Crippen molar-refractivity contribution in [1.29, 1.82) is 0 Å². The summed E-state index contributed by atoms with van der Waals surface area (Å²) < 4.78 is 40.1. The second kappa shape index (κ2) is 9.78. The molecule has 2 aromatic carbocycles. The van der Waals surface area contributed by atoms with Crippen molar-refractivity contribution in [2.24, 2.45) is 0 Å². The Labute approximate surface area is 180 Å². The molecule has 0 bridgehead atoms. The molecular formula is C23H24O7S. The van der Waals surface area contributed by atoms with E-state index >= 15 is 0 Å². The van der Waals surface area contributed by atoms with Gasteiger partial charge in [0.2, 0.25) is 0 Å². The van der Waals surface area contributed by atoms with Crippen molar-refractivity contribution in [3.05, 3.63) is 70.1 Å². The van der Waals surface area contributed by atoms with Crippen molar-refractivity contribution in [2.45, 2.75) is 31.1 Å². The van der Waals surface area contributed by atoms with Crippen LogP contribution in [0.1, 0.15) is 24.0 Å². The van der Waals surface area contributed by atoms with Crippen molar-refractivity contribution < 1.29 is 27.1 Å². The number of ether oxygens (including phenoxy) is 2. The normalized spacial score (nSPS) is 11.4. The van der Waals surface area contributed by atoms with Crippen LogP contribution < -0.4 is 10.4 Å². The summed E-state index contributed by atoms with van der Waals surface area (Å²) in [6.07, 6.45) is 0.373. The summed E-state index contributed by atoms with van der Waals surface area (Å²) in [6.45, 7) is 1.80. The van der Waals surface area contributed by atoms with Crippen molar-refractivity contribution in [1.82, 2.24) is 0 Å². The van der Waals surface area contributed by atoms with Gasteiger partial charge in [0, 0.05) is 23.4 Å². The maximum absolute atomic E-state index is 12.3. The first kappa shape index (κ1) is 22.6. The molecule has 0 fully saturated rings. The van der Waals surface area contributed by atoms with Gasteiger partial charge in [0.1, 0.15) is 11.3 Å². The number of hydrogen-bond acceptors (Lipinski definition) is 7. The lowest BCUT2D eigenvalue weighted by atomic mass is 10.0. The van der Waals surface area contributed by atoms with Crippen LogP contribution in [0.25, 0.3) is 11.0 Å². The van der Waals surface area contributed by atoms with Crippen LogP contribution in [0.3, 0.4) is 0 Å². The maximum atomic E-state index is 12.3. The standard InChI is InChI=1S/C23H24O7S/c1-16-19-10-9-17(28-2)15-21(19)30-23(25)20(16)11-12-22(24)29-13-6-14-31(26,27)18-7-4-3-5-8-18/h3-5,7-10,15H,6,11-14H2,1-2H3. The van der Waals surface area contributed by atoms with E-state index in [4.69, 9.17) is 13.9 Å². The van der Waals surface area contributed by atoms with Crippen LogP contribution >= 0.6 is 0 Å². The average Bonchev–Trinajstić information content (AvgIpc) is 2.76. The highest BCUT2D eigenvalue weighted by molar-refractivity contribution is 7.91. The Hall–Kier alpha value is -3.13. The smallest absolute Gasteiger partial charge is 0.339 e. The second-order valence-corrected chi connectivity index (χ2v) is 9.17. The van der Waals surface area contributed by atoms with Crippen molar-refractivity contribution in [3.8, 4) is 5.75 Å². The van der Waals surface area contributed by atoms with Crippen LogP contribution in [0.4, 0.5) is 0 Å². The van der Waals surface area contributed by atoms with Crippen LogP contribution in [-0.4, -0.2) is 33.9 Å². The molecule has 0 saturated carbocycles. The third-order valence-electron chi connectivity index (χ3n) is 5.00. The van der Waals surface area contributed by atoms with E-state index in [1.54, 1.807) is 43.3 Å². The predicted molar refractivity (Wildman–Crippen MR) is 116 cm³/mol. The topological polar surface area (TPSA) is 99.9 Å². The van der Waals surface area contributed by atoms with Crippen molar-refractivity contribution in [2.75, 3.05) is 19.5 Å². The molecule has 0 unspecified atom stereocenters. The van der Waals surface area contributed by atoms with Gasteiger partial charge in [-0.2, -0.15) is 0 Å². The van der Waals surface area contributed by atoms with Gasteiger partial charge >= 0.3 is 11.6 Å². The van der Waals surface area contributed by atoms with Gasteiger partial charge in [0.05, 0.1) is 24.4 Å². The summed E-state index contributed by atoms with van der Waals surface area (Å²) >= 11 is 0. The Morgan fingerprint density at radius 2 is 1.84 bits per heavy atom. The van der Waals surface area contributed by atoms with E-state index in [0.29, 0.717) is 16.9 Å². The number of esters is 1. The number of benzene rings is 2. The van der Waals surface area contributed by atoms with Gasteiger partial charge in [0.15, 0.2) is 9.84 Å². The van der Waals surface area contributed by atoms with Crippen molar-refractivity contribution in [3.63, 3.8) is 0 Å². The highest BCUT2D eigenvalue weighted by atomic mass is 32.2. The van der Waals surface area contributed by atoms with Crippen molar-refractivity contribution >= 4 is 26.8 Å². The molecule has 164 valence electrons. The summed E-state index contributed by atoms with van der Waals surface area (Å²) in [5, 5.41) is 0.773. The number of methoxy groups -OCH3 is 1.